The molecule has 1 atom stereocenters. The Kier molecular flexibility index (Phi) is 3.95. The Morgan fingerprint density at radius 3 is 3.09 bits per heavy atom. The predicted octanol–water partition coefficient (Wildman–Crippen LogP) is 1.34. The molecule has 7 nitrogen and oxygen atoms in total. The number of urea groups is 1. The number of imidazole rings is 1. The van der Waals surface area contributed by atoms with Gasteiger partial charge in [-0.05, 0) is 24.5 Å². The van der Waals surface area contributed by atoms with Crippen LogP contribution < -0.4 is 5.32 Å². The van der Waals surface area contributed by atoms with Gasteiger partial charge in [0, 0.05) is 25.8 Å². The van der Waals surface area contributed by atoms with E-state index in [2.05, 4.69) is 10.3 Å². The molecule has 22 heavy (non-hydrogen) atoms. The molecule has 0 spiro atoms. The molecule has 1 aliphatic heterocycles. The molecular formula is C15H18N4O3. The number of likely N-dealkylation sites (tertiary alicyclic amines) is 1. The van der Waals surface area contributed by atoms with Crippen molar-refractivity contribution in [1.29, 1.82) is 0 Å². The molecule has 0 radical (unpaired) electrons. The van der Waals surface area contributed by atoms with Crippen molar-refractivity contribution in [3.63, 3.8) is 0 Å². The Bertz CT molecular complexity index is 697. The standard InChI is InChI=1S/C15H18N4O3/c20-14(21)12-2-1-5-18(9-12)15(22)17-6-11-3-4-13-7-16-10-19(13)8-11/h3-4,7-8,10,12H,1-2,5-6,9H2,(H,17,22)(H,20,21). The minimum absolute atomic E-state index is 0.211. The average Bonchev–Trinajstić information content (AvgIpc) is 3.00. The van der Waals surface area contributed by atoms with Crippen LogP contribution in [0.4, 0.5) is 4.79 Å². The van der Waals surface area contributed by atoms with Gasteiger partial charge in [0.2, 0.25) is 0 Å². The van der Waals surface area contributed by atoms with E-state index in [0.717, 1.165) is 17.5 Å². The number of carboxylic acids is 1. The van der Waals surface area contributed by atoms with Crippen molar-refractivity contribution in [2.24, 2.45) is 5.92 Å². The Hall–Kier alpha value is -2.57. The second kappa shape index (κ2) is 6.05. The second-order valence-electron chi connectivity index (χ2n) is 5.55. The highest BCUT2D eigenvalue weighted by Crippen LogP contribution is 2.16. The van der Waals surface area contributed by atoms with Gasteiger partial charge in [0.25, 0.3) is 0 Å². The fourth-order valence-corrected chi connectivity index (χ4v) is 2.72. The van der Waals surface area contributed by atoms with Crippen LogP contribution in [0.5, 0.6) is 0 Å². The van der Waals surface area contributed by atoms with Crippen molar-refractivity contribution >= 4 is 17.5 Å². The summed E-state index contributed by atoms with van der Waals surface area (Å²) in [7, 11) is 0. The first-order chi connectivity index (χ1) is 10.6. The normalized spacial score (nSPS) is 18.4. The Balaban J connectivity index is 1.58. The third kappa shape index (κ3) is 3.03. The zero-order valence-electron chi connectivity index (χ0n) is 12.1. The number of nitrogens with zero attached hydrogens (tertiary/aromatic N) is 3. The van der Waals surface area contributed by atoms with E-state index in [0.29, 0.717) is 19.5 Å². The van der Waals surface area contributed by atoms with Crippen molar-refractivity contribution in [2.45, 2.75) is 19.4 Å². The summed E-state index contributed by atoms with van der Waals surface area (Å²) in [4.78, 5) is 28.8. The van der Waals surface area contributed by atoms with E-state index in [9.17, 15) is 9.59 Å². The zero-order valence-corrected chi connectivity index (χ0v) is 12.1. The predicted molar refractivity (Wildman–Crippen MR) is 79.4 cm³/mol. The molecule has 1 saturated heterocycles. The van der Waals surface area contributed by atoms with E-state index < -0.39 is 11.9 Å². The highest BCUT2D eigenvalue weighted by Gasteiger charge is 2.27. The number of hydrogen-bond donors (Lipinski definition) is 2. The minimum atomic E-state index is -0.831. The molecule has 0 saturated carbocycles. The molecule has 2 N–H and O–H groups in total. The van der Waals surface area contributed by atoms with Gasteiger partial charge in [-0.25, -0.2) is 9.78 Å². The quantitative estimate of drug-likeness (QED) is 0.895. The van der Waals surface area contributed by atoms with Crippen LogP contribution in [0.25, 0.3) is 5.52 Å². The van der Waals surface area contributed by atoms with Gasteiger partial charge < -0.3 is 19.7 Å². The molecule has 3 heterocycles. The highest BCUT2D eigenvalue weighted by atomic mass is 16.4. The summed E-state index contributed by atoms with van der Waals surface area (Å²) in [6, 6.07) is 3.67. The summed E-state index contributed by atoms with van der Waals surface area (Å²) in [6.07, 6.45) is 6.76. The smallest absolute Gasteiger partial charge is 0.317 e. The highest BCUT2D eigenvalue weighted by molar-refractivity contribution is 5.76. The lowest BCUT2D eigenvalue weighted by atomic mass is 9.99. The molecule has 0 bridgehead atoms. The number of rotatable bonds is 3. The molecule has 0 aliphatic carbocycles. The molecule has 7 heteroatoms. The Labute approximate surface area is 127 Å². The van der Waals surface area contributed by atoms with Gasteiger partial charge in [0.15, 0.2) is 0 Å². The number of hydrogen-bond acceptors (Lipinski definition) is 3. The van der Waals surface area contributed by atoms with Crippen LogP contribution in [0.2, 0.25) is 0 Å². The van der Waals surface area contributed by atoms with Crippen LogP contribution in [0.1, 0.15) is 18.4 Å². The maximum atomic E-state index is 12.2. The number of fused-ring (bicyclic) bond motifs is 1. The monoisotopic (exact) mass is 302 g/mol. The first-order valence-corrected chi connectivity index (χ1v) is 7.29. The molecule has 0 aromatic carbocycles. The lowest BCUT2D eigenvalue weighted by Crippen LogP contribution is -2.46. The first kappa shape index (κ1) is 14.4. The van der Waals surface area contributed by atoms with E-state index in [1.54, 1.807) is 17.4 Å². The number of aliphatic carboxylic acids is 1. The lowest BCUT2D eigenvalue weighted by molar-refractivity contribution is -0.143. The van der Waals surface area contributed by atoms with Gasteiger partial charge >= 0.3 is 12.0 Å². The van der Waals surface area contributed by atoms with Crippen LogP contribution in [-0.2, 0) is 11.3 Å². The number of aromatic nitrogens is 2. The van der Waals surface area contributed by atoms with Gasteiger partial charge in [-0.1, -0.05) is 6.07 Å². The van der Waals surface area contributed by atoms with Crippen molar-refractivity contribution in [1.82, 2.24) is 19.6 Å². The Morgan fingerprint density at radius 1 is 1.41 bits per heavy atom. The number of carboxylic acid groups (broad SMARTS) is 1. The molecule has 2 aromatic rings. The molecule has 1 unspecified atom stereocenters. The maximum absolute atomic E-state index is 12.2. The zero-order chi connectivity index (χ0) is 15.5. The van der Waals surface area contributed by atoms with Crippen LogP contribution in [0, 0.1) is 5.92 Å². The van der Waals surface area contributed by atoms with Crippen LogP contribution >= 0.6 is 0 Å². The van der Waals surface area contributed by atoms with Crippen molar-refractivity contribution in [3.05, 3.63) is 36.4 Å². The molecule has 1 aliphatic rings. The number of pyridine rings is 1. The summed E-state index contributed by atoms with van der Waals surface area (Å²) < 4.78 is 1.89. The topological polar surface area (TPSA) is 86.9 Å². The van der Waals surface area contributed by atoms with Crippen molar-refractivity contribution in [3.8, 4) is 0 Å². The van der Waals surface area contributed by atoms with Gasteiger partial charge in [0.05, 0.1) is 24.0 Å². The number of nitrogens with one attached hydrogen (secondary N) is 1. The summed E-state index contributed by atoms with van der Waals surface area (Å²) in [6.45, 7) is 1.29. The average molecular weight is 302 g/mol. The number of amides is 2. The molecule has 1 fully saturated rings. The molecular weight excluding hydrogens is 284 g/mol. The SMILES string of the molecule is O=C(O)C1CCCN(C(=O)NCc2ccc3cncn3c2)C1. The van der Waals surface area contributed by atoms with E-state index in [1.165, 1.54) is 0 Å². The number of carbonyl (C=O) groups excluding carboxylic acids is 1. The van der Waals surface area contributed by atoms with Crippen LogP contribution in [0.15, 0.2) is 30.9 Å². The lowest BCUT2D eigenvalue weighted by Gasteiger charge is -2.30. The maximum Gasteiger partial charge on any atom is 0.317 e. The van der Waals surface area contributed by atoms with Crippen molar-refractivity contribution in [2.75, 3.05) is 13.1 Å². The summed E-state index contributed by atoms with van der Waals surface area (Å²) in [5.74, 6) is -1.29. The summed E-state index contributed by atoms with van der Waals surface area (Å²) in [5.41, 5.74) is 1.96. The first-order valence-electron chi connectivity index (χ1n) is 7.29. The Morgan fingerprint density at radius 2 is 2.27 bits per heavy atom. The third-order valence-corrected chi connectivity index (χ3v) is 3.97. The molecule has 2 aromatic heterocycles. The van der Waals surface area contributed by atoms with Gasteiger partial charge in [0.1, 0.15) is 0 Å². The molecule has 2 amide bonds. The van der Waals surface area contributed by atoms with Gasteiger partial charge in [-0.2, -0.15) is 0 Å². The van der Waals surface area contributed by atoms with Gasteiger partial charge in [-0.3, -0.25) is 4.79 Å². The van der Waals surface area contributed by atoms with E-state index in [4.69, 9.17) is 5.11 Å². The molecule has 3 rings (SSSR count). The van der Waals surface area contributed by atoms with Gasteiger partial charge in [-0.15, -0.1) is 0 Å². The second-order valence-corrected chi connectivity index (χ2v) is 5.55. The fraction of sp³-hybridized carbons (Fsp3) is 0.400. The van der Waals surface area contributed by atoms with Crippen molar-refractivity contribution < 1.29 is 14.7 Å². The summed E-state index contributed by atoms with van der Waals surface area (Å²) >= 11 is 0. The number of piperidine rings is 1. The van der Waals surface area contributed by atoms with E-state index in [1.807, 2.05) is 22.7 Å². The summed E-state index contributed by atoms with van der Waals surface area (Å²) in [5, 5.41) is 11.9. The third-order valence-electron chi connectivity index (χ3n) is 3.97. The minimum Gasteiger partial charge on any atom is -0.481 e. The number of carbonyl (C=O) groups is 2. The van der Waals surface area contributed by atoms with Crippen LogP contribution in [-0.4, -0.2) is 44.5 Å². The fourth-order valence-electron chi connectivity index (χ4n) is 2.72. The van der Waals surface area contributed by atoms with E-state index in [-0.39, 0.29) is 12.6 Å². The largest absolute Gasteiger partial charge is 0.481 e. The van der Waals surface area contributed by atoms with E-state index >= 15 is 0 Å². The van der Waals surface area contributed by atoms with Crippen LogP contribution in [0.3, 0.4) is 0 Å². The molecule has 116 valence electrons.